The molecule has 0 spiro atoms. The molecule has 0 radical (unpaired) electrons. The van der Waals surface area contributed by atoms with Gasteiger partial charge in [0, 0.05) is 0 Å². The molecule has 124 valence electrons. The Kier molecular flexibility index (Phi) is 5.46. The van der Waals surface area contributed by atoms with Crippen LogP contribution in [0.3, 0.4) is 0 Å². The summed E-state index contributed by atoms with van der Waals surface area (Å²) in [5, 5.41) is 18.2. The van der Waals surface area contributed by atoms with E-state index in [1.807, 2.05) is 0 Å². The number of nitrogens with two attached hydrogens (primary N) is 2. The molecule has 12 heteroatoms. The Labute approximate surface area is 132 Å². The number of benzene rings is 1. The monoisotopic (exact) mass is 361 g/mol. The minimum absolute atomic E-state index is 0.164. The molecule has 1 rings (SSSR count). The number of ketones is 1. The van der Waals surface area contributed by atoms with Crippen molar-refractivity contribution >= 4 is 32.5 Å². The van der Waals surface area contributed by atoms with Gasteiger partial charge in [0.2, 0.25) is 0 Å². The maximum Gasteiger partial charge on any atom is 0.380 e. The van der Waals surface area contributed by atoms with Crippen molar-refractivity contribution in [3.05, 3.63) is 29.3 Å². The Morgan fingerprint density at radius 1 is 1.13 bits per heavy atom. The van der Waals surface area contributed by atoms with Crippen molar-refractivity contribution in [1.82, 2.24) is 0 Å². The number of nitrogens with zero attached hydrogens (tertiary/aromatic N) is 1. The zero-order valence-electron chi connectivity index (χ0n) is 11.6. The summed E-state index contributed by atoms with van der Waals surface area (Å²) in [6, 6.07) is 4.92. The van der Waals surface area contributed by atoms with Gasteiger partial charge in [-0.05, 0) is 30.7 Å². The van der Waals surface area contributed by atoms with Gasteiger partial charge in [-0.15, -0.1) is 0 Å². The van der Waals surface area contributed by atoms with Crippen molar-refractivity contribution in [2.24, 2.45) is 10.3 Å². The molecule has 0 aliphatic heterocycles. The molecule has 0 amide bonds. The normalized spacial score (nSPS) is 12.3. The lowest BCUT2D eigenvalue weighted by molar-refractivity contribution is -0.113. The molecule has 0 bridgehead atoms. The lowest BCUT2D eigenvalue weighted by Crippen LogP contribution is -2.22. The van der Waals surface area contributed by atoms with E-state index in [9.17, 15) is 21.6 Å². The molecule has 1 aromatic carbocycles. The second-order valence-electron chi connectivity index (χ2n) is 4.08. The van der Waals surface area contributed by atoms with Crippen LogP contribution in [0, 0.1) is 11.3 Å². The van der Waals surface area contributed by atoms with Gasteiger partial charge in [0.15, 0.2) is 17.3 Å². The van der Waals surface area contributed by atoms with Crippen molar-refractivity contribution in [2.75, 3.05) is 0 Å². The van der Waals surface area contributed by atoms with Gasteiger partial charge in [-0.1, -0.05) is 6.07 Å². The number of nitriles is 1. The second-order valence-corrected chi connectivity index (χ2v) is 6.39. The Balaban J connectivity index is 3.43. The van der Waals surface area contributed by atoms with Crippen LogP contribution in [-0.4, -0.2) is 22.6 Å². The Morgan fingerprint density at radius 2 is 1.65 bits per heavy atom. The molecule has 0 heterocycles. The van der Waals surface area contributed by atoms with E-state index >= 15 is 0 Å². The zero-order chi connectivity index (χ0) is 17.8. The minimum Gasteiger partial charge on any atom is -0.367 e. The van der Waals surface area contributed by atoms with Crippen molar-refractivity contribution in [3.63, 3.8) is 0 Å². The molecule has 10 nitrogen and oxygen atoms in total. The highest BCUT2D eigenvalue weighted by Crippen LogP contribution is 2.30. The third-order valence-corrected chi connectivity index (χ3v) is 3.01. The van der Waals surface area contributed by atoms with E-state index in [1.54, 1.807) is 6.07 Å². The van der Waals surface area contributed by atoms with E-state index in [2.05, 4.69) is 8.37 Å². The molecule has 0 aliphatic rings. The largest absolute Gasteiger partial charge is 0.380 e. The predicted octanol–water partition coefficient (Wildman–Crippen LogP) is -0.653. The summed E-state index contributed by atoms with van der Waals surface area (Å²) in [5.41, 5.74) is -0.0520. The SMILES string of the molecule is CC(=O)/C(C#N)=C\c1ccc(OS(N)(=O)=O)c(OS(N)(=O)=O)c1. The minimum atomic E-state index is -4.49. The van der Waals surface area contributed by atoms with Gasteiger partial charge in [-0.2, -0.15) is 32.4 Å². The number of carbonyl (C=O) groups excluding carboxylic acids is 1. The highest BCUT2D eigenvalue weighted by atomic mass is 32.2. The fraction of sp³-hybridized carbons (Fsp3) is 0.0909. The van der Waals surface area contributed by atoms with Crippen molar-refractivity contribution in [3.8, 4) is 17.6 Å². The van der Waals surface area contributed by atoms with E-state index in [0.29, 0.717) is 0 Å². The highest BCUT2D eigenvalue weighted by molar-refractivity contribution is 7.85. The first-order valence-corrected chi connectivity index (χ1v) is 8.57. The van der Waals surface area contributed by atoms with Crippen LogP contribution in [0.1, 0.15) is 12.5 Å². The molecule has 0 saturated heterocycles. The van der Waals surface area contributed by atoms with Crippen LogP contribution in [0.4, 0.5) is 0 Å². The number of rotatable bonds is 6. The van der Waals surface area contributed by atoms with Crippen LogP contribution in [0.5, 0.6) is 11.5 Å². The van der Waals surface area contributed by atoms with Crippen LogP contribution >= 0.6 is 0 Å². The lowest BCUT2D eigenvalue weighted by Gasteiger charge is -2.10. The first kappa shape index (κ1) is 18.6. The molecule has 23 heavy (non-hydrogen) atoms. The van der Waals surface area contributed by atoms with Crippen LogP contribution in [0.2, 0.25) is 0 Å². The zero-order valence-corrected chi connectivity index (χ0v) is 13.2. The summed E-state index contributed by atoms with van der Waals surface area (Å²) in [6.45, 7) is 1.16. The van der Waals surface area contributed by atoms with Gasteiger partial charge in [-0.25, -0.2) is 0 Å². The predicted molar refractivity (Wildman–Crippen MR) is 78.2 cm³/mol. The Hall–Kier alpha value is -2.46. The summed E-state index contributed by atoms with van der Waals surface area (Å²) < 4.78 is 52.7. The van der Waals surface area contributed by atoms with Gasteiger partial charge in [-0.3, -0.25) is 4.79 Å². The summed E-state index contributed by atoms with van der Waals surface area (Å²) in [5.74, 6) is -1.65. The fourth-order valence-corrected chi connectivity index (χ4v) is 2.15. The molecule has 0 saturated carbocycles. The number of hydrogen-bond donors (Lipinski definition) is 2. The van der Waals surface area contributed by atoms with Crippen LogP contribution in [0.25, 0.3) is 6.08 Å². The van der Waals surface area contributed by atoms with E-state index in [-0.39, 0.29) is 11.1 Å². The van der Waals surface area contributed by atoms with Crippen LogP contribution < -0.4 is 18.6 Å². The quantitative estimate of drug-likeness (QED) is 0.495. The molecule has 1 aromatic rings. The smallest absolute Gasteiger partial charge is 0.367 e. The maximum absolute atomic E-state index is 11.2. The highest BCUT2D eigenvalue weighted by Gasteiger charge is 2.16. The molecular formula is C11H11N3O7S2. The number of allylic oxidation sites excluding steroid dienone is 1. The Bertz CT molecular complexity index is 911. The molecule has 0 aliphatic carbocycles. The van der Waals surface area contributed by atoms with Gasteiger partial charge < -0.3 is 8.37 Å². The van der Waals surface area contributed by atoms with Crippen molar-refractivity contribution in [1.29, 1.82) is 5.26 Å². The average Bonchev–Trinajstić information content (AvgIpc) is 2.35. The van der Waals surface area contributed by atoms with Crippen LogP contribution in [-0.2, 0) is 25.4 Å². The van der Waals surface area contributed by atoms with Crippen molar-refractivity contribution in [2.45, 2.75) is 6.92 Å². The molecule has 0 unspecified atom stereocenters. The number of Topliss-reactive ketones (excluding diaryl/α,β-unsaturated/α-hetero) is 1. The third kappa shape index (κ3) is 6.45. The summed E-state index contributed by atoms with van der Waals surface area (Å²) in [6.07, 6.45) is 1.14. The van der Waals surface area contributed by atoms with Gasteiger partial charge in [0.05, 0.1) is 5.57 Å². The van der Waals surface area contributed by atoms with Gasteiger partial charge in [0.25, 0.3) is 0 Å². The fourth-order valence-electron chi connectivity index (χ4n) is 1.38. The molecule has 4 N–H and O–H groups in total. The topological polar surface area (TPSA) is 180 Å². The first-order valence-electron chi connectivity index (χ1n) is 5.62. The van der Waals surface area contributed by atoms with E-state index in [4.69, 9.17) is 15.5 Å². The molecule has 0 fully saturated rings. The van der Waals surface area contributed by atoms with Crippen molar-refractivity contribution < 1.29 is 30.0 Å². The van der Waals surface area contributed by atoms with Crippen LogP contribution in [0.15, 0.2) is 23.8 Å². The Morgan fingerprint density at radius 3 is 2.09 bits per heavy atom. The average molecular weight is 361 g/mol. The molecule has 0 aromatic heterocycles. The van der Waals surface area contributed by atoms with Gasteiger partial charge in [0.1, 0.15) is 6.07 Å². The van der Waals surface area contributed by atoms with Gasteiger partial charge >= 0.3 is 20.6 Å². The second kappa shape index (κ2) is 6.75. The molecule has 0 atom stereocenters. The standard InChI is InChI=1S/C11H11N3O7S2/c1-7(15)9(6-12)4-8-2-3-10(20-22(13,16)17)11(5-8)21-23(14,18)19/h2-5H,1H3,(H2,13,16,17)(H2,14,18,19)/b9-4-. The maximum atomic E-state index is 11.2. The number of carbonyl (C=O) groups is 1. The molecular weight excluding hydrogens is 350 g/mol. The van der Waals surface area contributed by atoms with E-state index < -0.39 is 37.9 Å². The number of hydrogen-bond acceptors (Lipinski definition) is 8. The summed E-state index contributed by atoms with van der Waals surface area (Å²) in [4.78, 5) is 11.2. The summed E-state index contributed by atoms with van der Waals surface area (Å²) in [7, 11) is -8.94. The lowest BCUT2D eigenvalue weighted by atomic mass is 10.1. The van der Waals surface area contributed by atoms with E-state index in [0.717, 1.165) is 25.1 Å². The summed E-state index contributed by atoms with van der Waals surface area (Å²) >= 11 is 0. The third-order valence-electron chi connectivity index (χ3n) is 2.19. The first-order chi connectivity index (χ1) is 10.4. The van der Waals surface area contributed by atoms with E-state index in [1.165, 1.54) is 6.07 Å².